The fraction of sp³-hybridized carbons (Fsp3) is 0.417. The standard InChI is InChI=1S/C24H31Cl2N3O4S/c1-16(2)13-27-24(31)18(4)28(14-19-9-6-8-17(3)12-19)22(30)15-29(34(5,32)33)21-11-7-10-20(25)23(21)26/h6-12,16,18H,13-15H2,1-5H3,(H,27,31)/t18-/m1/s1. The van der Waals surface area contributed by atoms with E-state index in [-0.39, 0.29) is 34.1 Å². The minimum atomic E-state index is -3.89. The van der Waals surface area contributed by atoms with Gasteiger partial charge in [0.05, 0.1) is 22.0 Å². The van der Waals surface area contributed by atoms with Gasteiger partial charge in [0.25, 0.3) is 0 Å². The van der Waals surface area contributed by atoms with Crippen LogP contribution in [0, 0.1) is 12.8 Å². The van der Waals surface area contributed by atoms with Crippen molar-refractivity contribution in [2.75, 3.05) is 23.7 Å². The predicted molar refractivity (Wildman–Crippen MR) is 138 cm³/mol. The van der Waals surface area contributed by atoms with Crippen LogP contribution in [0.25, 0.3) is 0 Å². The van der Waals surface area contributed by atoms with E-state index in [1.165, 1.54) is 17.0 Å². The summed E-state index contributed by atoms with van der Waals surface area (Å²) in [5.74, 6) is -0.626. The number of benzene rings is 2. The Bertz CT molecular complexity index is 1140. The number of carbonyl (C=O) groups is 2. The van der Waals surface area contributed by atoms with Crippen molar-refractivity contribution in [3.05, 3.63) is 63.6 Å². The number of anilines is 1. The minimum Gasteiger partial charge on any atom is -0.354 e. The Labute approximate surface area is 212 Å². The van der Waals surface area contributed by atoms with Crippen molar-refractivity contribution in [2.24, 2.45) is 5.92 Å². The van der Waals surface area contributed by atoms with E-state index in [9.17, 15) is 18.0 Å². The van der Waals surface area contributed by atoms with E-state index < -0.39 is 28.5 Å². The molecule has 0 spiro atoms. The molecule has 2 rings (SSSR count). The summed E-state index contributed by atoms with van der Waals surface area (Å²) in [6.45, 7) is 7.56. The lowest BCUT2D eigenvalue weighted by molar-refractivity contribution is -0.139. The highest BCUT2D eigenvalue weighted by molar-refractivity contribution is 7.92. The van der Waals surface area contributed by atoms with Crippen molar-refractivity contribution in [3.63, 3.8) is 0 Å². The first-order valence-corrected chi connectivity index (χ1v) is 13.5. The first kappa shape index (κ1) is 28.0. The molecule has 0 fully saturated rings. The van der Waals surface area contributed by atoms with E-state index in [2.05, 4.69) is 5.32 Å². The highest BCUT2D eigenvalue weighted by Gasteiger charge is 2.31. The van der Waals surface area contributed by atoms with E-state index in [4.69, 9.17) is 23.2 Å². The Morgan fingerprint density at radius 1 is 1.06 bits per heavy atom. The zero-order valence-corrected chi connectivity index (χ0v) is 22.3. The maximum absolute atomic E-state index is 13.5. The number of nitrogens with one attached hydrogen (secondary N) is 1. The third kappa shape index (κ3) is 7.61. The molecule has 2 aromatic carbocycles. The molecule has 2 amide bonds. The molecular formula is C24H31Cl2N3O4S. The van der Waals surface area contributed by atoms with Crippen LogP contribution < -0.4 is 9.62 Å². The van der Waals surface area contributed by atoms with Gasteiger partial charge in [0.2, 0.25) is 21.8 Å². The molecule has 0 bridgehead atoms. The van der Waals surface area contributed by atoms with Crippen molar-refractivity contribution in [1.29, 1.82) is 0 Å². The van der Waals surface area contributed by atoms with Crippen LogP contribution in [0.1, 0.15) is 31.9 Å². The summed E-state index contributed by atoms with van der Waals surface area (Å²) in [7, 11) is -3.89. The minimum absolute atomic E-state index is 0.0235. The van der Waals surface area contributed by atoms with Crippen LogP contribution >= 0.6 is 23.2 Å². The number of carbonyl (C=O) groups excluding carboxylic acids is 2. The molecule has 0 saturated carbocycles. The van der Waals surface area contributed by atoms with Crippen LogP contribution in [0.3, 0.4) is 0 Å². The molecule has 0 saturated heterocycles. The van der Waals surface area contributed by atoms with Gasteiger partial charge in [-0.3, -0.25) is 13.9 Å². The third-order valence-corrected chi connectivity index (χ3v) is 7.10. The molecule has 2 aromatic rings. The van der Waals surface area contributed by atoms with Gasteiger partial charge in [-0.1, -0.05) is 72.9 Å². The van der Waals surface area contributed by atoms with E-state index in [1.54, 1.807) is 13.0 Å². The maximum Gasteiger partial charge on any atom is 0.244 e. The van der Waals surface area contributed by atoms with Crippen LogP contribution in [0.15, 0.2) is 42.5 Å². The molecule has 0 aliphatic carbocycles. The molecule has 0 radical (unpaired) electrons. The van der Waals surface area contributed by atoms with E-state index in [1.807, 2.05) is 45.0 Å². The molecule has 0 aromatic heterocycles. The summed E-state index contributed by atoms with van der Waals surface area (Å²) in [6.07, 6.45) is 0.987. The highest BCUT2D eigenvalue weighted by Crippen LogP contribution is 2.33. The van der Waals surface area contributed by atoms with Gasteiger partial charge >= 0.3 is 0 Å². The smallest absolute Gasteiger partial charge is 0.244 e. The summed E-state index contributed by atoms with van der Waals surface area (Å²) in [5, 5.41) is 3.03. The normalized spacial score (nSPS) is 12.4. The number of rotatable bonds is 10. The molecule has 186 valence electrons. The van der Waals surface area contributed by atoms with Crippen LogP contribution in [0.4, 0.5) is 5.69 Å². The van der Waals surface area contributed by atoms with Gasteiger partial charge in [-0.2, -0.15) is 0 Å². The fourth-order valence-electron chi connectivity index (χ4n) is 3.32. The van der Waals surface area contributed by atoms with Crippen LogP contribution in [-0.2, 0) is 26.2 Å². The van der Waals surface area contributed by atoms with E-state index >= 15 is 0 Å². The molecule has 0 unspecified atom stereocenters. The van der Waals surface area contributed by atoms with Gasteiger partial charge in [-0.05, 0) is 37.5 Å². The van der Waals surface area contributed by atoms with Crippen LogP contribution in [-0.4, -0.2) is 50.5 Å². The zero-order chi connectivity index (χ0) is 25.6. The summed E-state index contributed by atoms with van der Waals surface area (Å²) in [4.78, 5) is 27.7. The SMILES string of the molecule is Cc1cccc(CN(C(=O)CN(c2cccc(Cl)c2Cl)S(C)(=O)=O)[C@H](C)C(=O)NCC(C)C)c1. The van der Waals surface area contributed by atoms with Crippen molar-refractivity contribution in [1.82, 2.24) is 10.2 Å². The molecule has 1 N–H and O–H groups in total. The lowest BCUT2D eigenvalue weighted by Crippen LogP contribution is -2.51. The Morgan fingerprint density at radius 3 is 2.29 bits per heavy atom. The second-order valence-electron chi connectivity index (χ2n) is 8.67. The number of halogens is 2. The second kappa shape index (κ2) is 11.9. The van der Waals surface area contributed by atoms with E-state index in [0.717, 1.165) is 21.7 Å². The first-order chi connectivity index (χ1) is 15.8. The molecule has 0 aliphatic rings. The predicted octanol–water partition coefficient (Wildman–Crippen LogP) is 4.26. The van der Waals surface area contributed by atoms with Crippen molar-refractivity contribution in [2.45, 2.75) is 40.3 Å². The Hall–Kier alpha value is -2.29. The number of sulfonamides is 1. The quantitative estimate of drug-likeness (QED) is 0.500. The van der Waals surface area contributed by atoms with Crippen molar-refractivity contribution >= 4 is 50.7 Å². The maximum atomic E-state index is 13.5. The Morgan fingerprint density at radius 2 is 1.71 bits per heavy atom. The first-order valence-electron chi connectivity index (χ1n) is 10.9. The van der Waals surface area contributed by atoms with Gasteiger partial charge < -0.3 is 10.2 Å². The molecular weight excluding hydrogens is 497 g/mol. The lowest BCUT2D eigenvalue weighted by Gasteiger charge is -2.32. The Balaban J connectivity index is 2.41. The summed E-state index contributed by atoms with van der Waals surface area (Å²) in [5.41, 5.74) is 1.92. The monoisotopic (exact) mass is 527 g/mol. The molecule has 10 heteroatoms. The van der Waals surface area contributed by atoms with Gasteiger partial charge in [-0.25, -0.2) is 8.42 Å². The zero-order valence-electron chi connectivity index (χ0n) is 20.0. The third-order valence-electron chi connectivity index (χ3n) is 5.17. The number of nitrogens with zero attached hydrogens (tertiary/aromatic N) is 2. The van der Waals surface area contributed by atoms with Crippen LogP contribution in [0.5, 0.6) is 0 Å². The van der Waals surface area contributed by atoms with E-state index in [0.29, 0.717) is 6.54 Å². The molecule has 1 atom stereocenters. The molecule has 34 heavy (non-hydrogen) atoms. The highest BCUT2D eigenvalue weighted by atomic mass is 35.5. The summed E-state index contributed by atoms with van der Waals surface area (Å²) < 4.78 is 26.1. The topological polar surface area (TPSA) is 86.8 Å². The Kier molecular flexibility index (Phi) is 9.79. The van der Waals surface area contributed by atoms with Gasteiger partial charge in [0.15, 0.2) is 0 Å². The van der Waals surface area contributed by atoms with Crippen molar-refractivity contribution in [3.8, 4) is 0 Å². The largest absolute Gasteiger partial charge is 0.354 e. The van der Waals surface area contributed by atoms with Gasteiger partial charge in [-0.15, -0.1) is 0 Å². The fourth-order valence-corrected chi connectivity index (χ4v) is 4.62. The average Bonchev–Trinajstić information content (AvgIpc) is 2.75. The number of amides is 2. The van der Waals surface area contributed by atoms with Gasteiger partial charge in [0, 0.05) is 13.1 Å². The lowest BCUT2D eigenvalue weighted by atomic mass is 10.1. The van der Waals surface area contributed by atoms with Gasteiger partial charge in [0.1, 0.15) is 12.6 Å². The summed E-state index contributed by atoms with van der Waals surface area (Å²) in [6, 6.07) is 11.3. The number of hydrogen-bond donors (Lipinski definition) is 1. The number of hydrogen-bond acceptors (Lipinski definition) is 4. The van der Waals surface area contributed by atoms with Crippen LogP contribution in [0.2, 0.25) is 10.0 Å². The summed E-state index contributed by atoms with van der Waals surface area (Å²) >= 11 is 12.3. The average molecular weight is 529 g/mol. The van der Waals surface area contributed by atoms with Crippen molar-refractivity contribution < 1.29 is 18.0 Å². The molecule has 0 aliphatic heterocycles. The molecule has 0 heterocycles. The number of aryl methyl sites for hydroxylation is 1. The molecule has 7 nitrogen and oxygen atoms in total. The second-order valence-corrected chi connectivity index (χ2v) is 11.4.